The summed E-state index contributed by atoms with van der Waals surface area (Å²) in [6.07, 6.45) is -0.610. The maximum absolute atomic E-state index is 12.6. The third-order valence-corrected chi connectivity index (χ3v) is 5.06. The number of methoxy groups -OCH3 is 1. The van der Waals surface area contributed by atoms with Gasteiger partial charge in [0, 0.05) is 34.2 Å². The van der Waals surface area contributed by atoms with Crippen molar-refractivity contribution >= 4 is 36.9 Å². The molecule has 0 unspecified atom stereocenters. The van der Waals surface area contributed by atoms with Crippen molar-refractivity contribution in [3.63, 3.8) is 0 Å². The van der Waals surface area contributed by atoms with Crippen molar-refractivity contribution in [2.45, 2.75) is 17.7 Å². The van der Waals surface area contributed by atoms with Gasteiger partial charge in [-0.3, -0.25) is 4.57 Å². The van der Waals surface area contributed by atoms with Crippen molar-refractivity contribution in [1.82, 2.24) is 14.5 Å². The van der Waals surface area contributed by atoms with Gasteiger partial charge in [-0.1, -0.05) is 22.0 Å². The van der Waals surface area contributed by atoms with Crippen LogP contribution in [0, 0.1) is 0 Å². The van der Waals surface area contributed by atoms with Crippen molar-refractivity contribution in [2.75, 3.05) is 7.11 Å². The third kappa shape index (κ3) is 3.55. The maximum atomic E-state index is 12.6. The molecule has 2 aromatic heterocycles. The fourth-order valence-corrected chi connectivity index (χ4v) is 3.62. The van der Waals surface area contributed by atoms with Crippen LogP contribution in [0.4, 0.5) is 8.78 Å². The highest BCUT2D eigenvalue weighted by Gasteiger charge is 2.21. The molecule has 0 aliphatic carbocycles. The Morgan fingerprint density at radius 2 is 2.12 bits per heavy atom. The molecule has 26 heavy (non-hydrogen) atoms. The average Bonchev–Trinajstić information content (AvgIpc) is 2.93. The van der Waals surface area contributed by atoms with E-state index in [0.29, 0.717) is 15.4 Å². The second-order valence-corrected chi connectivity index (χ2v) is 7.82. The molecule has 3 aromatic rings. The number of fused-ring (bicyclic) bond motifs is 1. The molecule has 2 heterocycles. The maximum Gasteiger partial charge on any atom is 0.242 e. The molecule has 0 radical (unpaired) electrons. The van der Waals surface area contributed by atoms with Crippen LogP contribution < -0.4 is 9.88 Å². The smallest absolute Gasteiger partial charge is 0.242 e. The molecule has 0 fully saturated rings. The monoisotopic (exact) mass is 446 g/mol. The molecule has 0 atom stereocenters. The number of halogens is 3. The Morgan fingerprint density at radius 3 is 2.73 bits per heavy atom. The molecule has 0 saturated heterocycles. The molecular weight excluding hydrogens is 434 g/mol. The van der Waals surface area contributed by atoms with Crippen LogP contribution in [0.5, 0.6) is 5.88 Å². The number of rotatable bonds is 5. The Morgan fingerprint density at radius 1 is 1.38 bits per heavy atom. The van der Waals surface area contributed by atoms with Crippen molar-refractivity contribution in [2.24, 2.45) is 5.14 Å². The SMILES string of the molecule is COc1nc(-n2cc(S(N)(=O)=O)c3ccc(Br)cc32)ncc1CC(F)F. The summed E-state index contributed by atoms with van der Waals surface area (Å²) in [4.78, 5) is 8.11. The topological polar surface area (TPSA) is 100 Å². The minimum atomic E-state index is -3.99. The molecule has 0 aliphatic rings. The van der Waals surface area contributed by atoms with Gasteiger partial charge in [0.1, 0.15) is 4.90 Å². The molecule has 0 saturated carbocycles. The molecule has 11 heteroatoms. The first-order valence-corrected chi connectivity index (χ1v) is 9.56. The second kappa shape index (κ2) is 6.89. The lowest BCUT2D eigenvalue weighted by Gasteiger charge is -2.09. The molecular formula is C15H13BrF2N4O3S. The lowest BCUT2D eigenvalue weighted by atomic mass is 10.2. The van der Waals surface area contributed by atoms with Gasteiger partial charge in [0.15, 0.2) is 0 Å². The lowest BCUT2D eigenvalue weighted by molar-refractivity contribution is 0.147. The van der Waals surface area contributed by atoms with Crippen LogP contribution in [0.3, 0.4) is 0 Å². The number of nitrogens with two attached hydrogens (primary N) is 1. The summed E-state index contributed by atoms with van der Waals surface area (Å²) in [7, 11) is -2.68. The third-order valence-electron chi connectivity index (χ3n) is 3.63. The largest absolute Gasteiger partial charge is 0.481 e. The van der Waals surface area contributed by atoms with E-state index < -0.39 is 22.9 Å². The van der Waals surface area contributed by atoms with E-state index in [0.717, 1.165) is 0 Å². The van der Waals surface area contributed by atoms with E-state index in [9.17, 15) is 17.2 Å². The molecule has 7 nitrogen and oxygen atoms in total. The number of hydrogen-bond acceptors (Lipinski definition) is 5. The van der Waals surface area contributed by atoms with Gasteiger partial charge < -0.3 is 4.74 Å². The van der Waals surface area contributed by atoms with Crippen LogP contribution in [0.2, 0.25) is 0 Å². The molecule has 0 aliphatic heterocycles. The number of sulfonamides is 1. The van der Waals surface area contributed by atoms with Gasteiger partial charge in [-0.15, -0.1) is 0 Å². The highest BCUT2D eigenvalue weighted by atomic mass is 79.9. The summed E-state index contributed by atoms with van der Waals surface area (Å²) >= 11 is 3.32. The van der Waals surface area contributed by atoms with E-state index >= 15 is 0 Å². The van der Waals surface area contributed by atoms with Gasteiger partial charge >= 0.3 is 0 Å². The normalized spacial score (nSPS) is 12.1. The summed E-state index contributed by atoms with van der Waals surface area (Å²) in [6, 6.07) is 4.94. The number of aromatic nitrogens is 3. The zero-order valence-corrected chi connectivity index (χ0v) is 15.8. The molecule has 0 amide bonds. The Bertz CT molecular complexity index is 1090. The van der Waals surface area contributed by atoms with Crippen LogP contribution in [-0.2, 0) is 16.4 Å². The number of alkyl halides is 2. The summed E-state index contributed by atoms with van der Waals surface area (Å²) in [5, 5.41) is 5.67. The van der Waals surface area contributed by atoms with E-state index in [1.54, 1.807) is 18.2 Å². The van der Waals surface area contributed by atoms with E-state index in [1.165, 1.54) is 24.1 Å². The average molecular weight is 447 g/mol. The quantitative estimate of drug-likeness (QED) is 0.649. The number of benzene rings is 1. The Balaban J connectivity index is 2.24. The number of hydrogen-bond donors (Lipinski definition) is 1. The van der Waals surface area contributed by atoms with Gasteiger partial charge in [-0.05, 0) is 12.1 Å². The fourth-order valence-electron chi connectivity index (χ4n) is 2.54. The van der Waals surface area contributed by atoms with Crippen molar-refractivity contribution in [1.29, 1.82) is 0 Å². The highest BCUT2D eigenvalue weighted by molar-refractivity contribution is 9.10. The van der Waals surface area contributed by atoms with E-state index in [1.807, 2.05) is 0 Å². The molecule has 1 aromatic carbocycles. The van der Waals surface area contributed by atoms with Crippen LogP contribution in [0.1, 0.15) is 5.56 Å². The Kier molecular flexibility index (Phi) is 4.95. The molecule has 0 spiro atoms. The molecule has 2 N–H and O–H groups in total. The first kappa shape index (κ1) is 18.7. The molecule has 0 bridgehead atoms. The number of nitrogens with zero attached hydrogens (tertiary/aromatic N) is 3. The van der Waals surface area contributed by atoms with Crippen LogP contribution in [0.15, 0.2) is 40.0 Å². The summed E-state index contributed by atoms with van der Waals surface area (Å²) in [6.45, 7) is 0. The Hall–Kier alpha value is -2.11. The second-order valence-electron chi connectivity index (χ2n) is 5.37. The van der Waals surface area contributed by atoms with E-state index in [4.69, 9.17) is 9.88 Å². The highest BCUT2D eigenvalue weighted by Crippen LogP contribution is 2.30. The molecule has 138 valence electrons. The fraction of sp³-hybridized carbons (Fsp3) is 0.200. The van der Waals surface area contributed by atoms with E-state index in [2.05, 4.69) is 25.9 Å². The van der Waals surface area contributed by atoms with Gasteiger partial charge in [0.05, 0.1) is 12.6 Å². The minimum Gasteiger partial charge on any atom is -0.481 e. The lowest BCUT2D eigenvalue weighted by Crippen LogP contribution is -2.11. The number of primary sulfonamides is 1. The molecule has 3 rings (SSSR count). The first-order chi connectivity index (χ1) is 12.2. The van der Waals surface area contributed by atoms with Crippen LogP contribution in [-0.4, -0.2) is 36.5 Å². The minimum absolute atomic E-state index is 0.00991. The van der Waals surface area contributed by atoms with E-state index in [-0.39, 0.29) is 22.3 Å². The van der Waals surface area contributed by atoms with Crippen molar-refractivity contribution in [3.05, 3.63) is 40.6 Å². The van der Waals surface area contributed by atoms with Gasteiger partial charge in [-0.25, -0.2) is 27.3 Å². The zero-order valence-electron chi connectivity index (χ0n) is 13.4. The number of ether oxygens (including phenoxy) is 1. The predicted molar refractivity (Wildman–Crippen MR) is 94.2 cm³/mol. The summed E-state index contributed by atoms with van der Waals surface area (Å²) in [5.74, 6) is 0.0576. The van der Waals surface area contributed by atoms with Gasteiger partial charge in [0.2, 0.25) is 28.3 Å². The van der Waals surface area contributed by atoms with Crippen LogP contribution in [0.25, 0.3) is 16.9 Å². The Labute approximate surface area is 156 Å². The summed E-state index contributed by atoms with van der Waals surface area (Å²) < 4.78 is 56.2. The predicted octanol–water partition coefficient (Wildman–Crippen LogP) is 2.65. The zero-order chi connectivity index (χ0) is 19.1. The summed E-state index contributed by atoms with van der Waals surface area (Å²) in [5.41, 5.74) is 0.627. The van der Waals surface area contributed by atoms with Gasteiger partial charge in [0.25, 0.3) is 0 Å². The van der Waals surface area contributed by atoms with Crippen molar-refractivity contribution in [3.8, 4) is 11.8 Å². The van der Waals surface area contributed by atoms with Gasteiger partial charge in [-0.2, -0.15) is 4.98 Å². The van der Waals surface area contributed by atoms with Crippen molar-refractivity contribution < 1.29 is 21.9 Å². The standard InChI is InChI=1S/C15H13BrF2N4O3S/c1-25-14-8(4-13(17)18)6-20-15(21-14)22-7-12(26(19,23)24)10-3-2-9(16)5-11(10)22/h2-3,5-7,13H,4H2,1H3,(H2,19,23,24). The van der Waals surface area contributed by atoms with Crippen LogP contribution >= 0.6 is 15.9 Å². The first-order valence-electron chi connectivity index (χ1n) is 7.22.